The molecule has 0 spiro atoms. The van der Waals surface area contributed by atoms with E-state index in [1.807, 2.05) is 0 Å². The molecular formula is C14H14BrClFN3. The van der Waals surface area contributed by atoms with Gasteiger partial charge in [-0.15, -0.1) is 0 Å². The molecule has 20 heavy (non-hydrogen) atoms. The lowest BCUT2D eigenvalue weighted by molar-refractivity contribution is 0.612. The summed E-state index contributed by atoms with van der Waals surface area (Å²) in [4.78, 5) is 8.59. The van der Waals surface area contributed by atoms with Crippen molar-refractivity contribution in [2.45, 2.75) is 19.8 Å². The van der Waals surface area contributed by atoms with Gasteiger partial charge in [0.05, 0.1) is 4.47 Å². The maximum absolute atomic E-state index is 13.8. The quantitative estimate of drug-likeness (QED) is 0.858. The minimum Gasteiger partial charge on any atom is -0.369 e. The standard InChI is InChI=1S/C14H14BrClFN3/c1-2-6-18-14-10(15)8-19-13(20-14)7-9-11(16)4-3-5-12(9)17/h3-5,8H,2,6-7H2,1H3,(H,18,19,20). The van der Waals surface area contributed by atoms with Gasteiger partial charge in [0.2, 0.25) is 0 Å². The molecule has 0 unspecified atom stereocenters. The van der Waals surface area contributed by atoms with E-state index < -0.39 is 0 Å². The zero-order chi connectivity index (χ0) is 14.5. The van der Waals surface area contributed by atoms with Crippen LogP contribution in [0, 0.1) is 5.82 Å². The molecule has 2 rings (SSSR count). The fourth-order valence-electron chi connectivity index (χ4n) is 1.72. The van der Waals surface area contributed by atoms with Crippen molar-refractivity contribution in [3.8, 4) is 0 Å². The summed E-state index contributed by atoms with van der Waals surface area (Å²) in [6.07, 6.45) is 2.92. The van der Waals surface area contributed by atoms with E-state index in [2.05, 4.69) is 38.1 Å². The number of halogens is 3. The molecule has 0 aliphatic carbocycles. The molecule has 0 amide bonds. The molecule has 0 aliphatic heterocycles. The number of nitrogens with zero attached hydrogens (tertiary/aromatic N) is 2. The molecule has 6 heteroatoms. The van der Waals surface area contributed by atoms with Gasteiger partial charge >= 0.3 is 0 Å². The van der Waals surface area contributed by atoms with Crippen LogP contribution in [0.3, 0.4) is 0 Å². The number of hydrogen-bond donors (Lipinski definition) is 1. The summed E-state index contributed by atoms with van der Waals surface area (Å²) >= 11 is 9.40. The first-order valence-electron chi connectivity index (χ1n) is 6.30. The van der Waals surface area contributed by atoms with Crippen molar-refractivity contribution in [2.24, 2.45) is 0 Å². The zero-order valence-corrected chi connectivity index (χ0v) is 13.3. The molecule has 1 aromatic heterocycles. The van der Waals surface area contributed by atoms with Crippen molar-refractivity contribution in [1.29, 1.82) is 0 Å². The van der Waals surface area contributed by atoms with Gasteiger partial charge in [-0.05, 0) is 34.5 Å². The number of aromatic nitrogens is 2. The summed E-state index contributed by atoms with van der Waals surface area (Å²) in [6, 6.07) is 4.63. The molecular weight excluding hydrogens is 345 g/mol. The Kier molecular flexibility index (Phi) is 5.31. The van der Waals surface area contributed by atoms with E-state index in [0.717, 1.165) is 17.4 Å². The number of hydrogen-bond acceptors (Lipinski definition) is 3. The lowest BCUT2D eigenvalue weighted by Crippen LogP contribution is -2.07. The second-order valence-electron chi connectivity index (χ2n) is 4.29. The van der Waals surface area contributed by atoms with E-state index in [1.54, 1.807) is 18.3 Å². The molecule has 1 aromatic carbocycles. The smallest absolute Gasteiger partial charge is 0.144 e. The first-order valence-corrected chi connectivity index (χ1v) is 7.47. The van der Waals surface area contributed by atoms with Gasteiger partial charge in [-0.2, -0.15) is 0 Å². The van der Waals surface area contributed by atoms with Crippen LogP contribution in [0.4, 0.5) is 10.2 Å². The van der Waals surface area contributed by atoms with Gasteiger partial charge < -0.3 is 5.32 Å². The second kappa shape index (κ2) is 6.99. The van der Waals surface area contributed by atoms with Gasteiger partial charge in [-0.1, -0.05) is 24.6 Å². The molecule has 0 saturated heterocycles. The monoisotopic (exact) mass is 357 g/mol. The Hall–Kier alpha value is -1.20. The SMILES string of the molecule is CCCNc1nc(Cc2c(F)cccc2Cl)ncc1Br. The average Bonchev–Trinajstić information content (AvgIpc) is 2.43. The lowest BCUT2D eigenvalue weighted by Gasteiger charge is -2.09. The molecule has 0 aliphatic rings. The van der Waals surface area contributed by atoms with Crippen LogP contribution < -0.4 is 5.32 Å². The lowest BCUT2D eigenvalue weighted by atomic mass is 10.1. The van der Waals surface area contributed by atoms with Crippen LogP contribution in [0.1, 0.15) is 24.7 Å². The third-order valence-electron chi connectivity index (χ3n) is 2.73. The van der Waals surface area contributed by atoms with Crippen molar-refractivity contribution in [2.75, 3.05) is 11.9 Å². The van der Waals surface area contributed by atoms with Gasteiger partial charge in [0.1, 0.15) is 17.5 Å². The van der Waals surface area contributed by atoms with Crippen molar-refractivity contribution in [3.63, 3.8) is 0 Å². The van der Waals surface area contributed by atoms with Crippen LogP contribution in [0.5, 0.6) is 0 Å². The molecule has 0 fully saturated rings. The first-order chi connectivity index (χ1) is 9.61. The van der Waals surface area contributed by atoms with Crippen molar-refractivity contribution >= 4 is 33.3 Å². The summed E-state index contributed by atoms with van der Waals surface area (Å²) < 4.78 is 14.5. The predicted molar refractivity (Wildman–Crippen MR) is 82.7 cm³/mol. The third-order valence-corrected chi connectivity index (χ3v) is 3.67. The number of benzene rings is 1. The fraction of sp³-hybridized carbons (Fsp3) is 0.286. The molecule has 0 radical (unpaired) electrons. The fourth-order valence-corrected chi connectivity index (χ4v) is 2.28. The third kappa shape index (κ3) is 3.67. The Morgan fingerprint density at radius 1 is 1.40 bits per heavy atom. The number of nitrogens with one attached hydrogen (secondary N) is 1. The average molecular weight is 359 g/mol. The molecule has 0 bridgehead atoms. The predicted octanol–water partition coefficient (Wildman–Crippen LogP) is 4.44. The highest BCUT2D eigenvalue weighted by Gasteiger charge is 2.11. The summed E-state index contributed by atoms with van der Waals surface area (Å²) in [7, 11) is 0. The van der Waals surface area contributed by atoms with Gasteiger partial charge in [0.25, 0.3) is 0 Å². The Balaban J connectivity index is 2.25. The van der Waals surface area contributed by atoms with Gasteiger partial charge in [-0.3, -0.25) is 0 Å². The van der Waals surface area contributed by atoms with Crippen LogP contribution in [-0.4, -0.2) is 16.5 Å². The van der Waals surface area contributed by atoms with Gasteiger partial charge in [0.15, 0.2) is 0 Å². The van der Waals surface area contributed by atoms with Gasteiger partial charge in [-0.25, -0.2) is 14.4 Å². The van der Waals surface area contributed by atoms with E-state index in [-0.39, 0.29) is 12.2 Å². The Labute approximate surface area is 130 Å². The normalized spacial score (nSPS) is 10.6. The van der Waals surface area contributed by atoms with E-state index >= 15 is 0 Å². The summed E-state index contributed by atoms with van der Waals surface area (Å²) in [5.41, 5.74) is 0.415. The molecule has 106 valence electrons. The highest BCUT2D eigenvalue weighted by atomic mass is 79.9. The molecule has 2 aromatic rings. The molecule has 3 nitrogen and oxygen atoms in total. The Bertz CT molecular complexity index is 587. The van der Waals surface area contributed by atoms with Crippen LogP contribution in [-0.2, 0) is 6.42 Å². The van der Waals surface area contributed by atoms with Crippen molar-refractivity contribution in [3.05, 3.63) is 51.1 Å². The van der Waals surface area contributed by atoms with Gasteiger partial charge in [0, 0.05) is 29.7 Å². The van der Waals surface area contributed by atoms with Crippen molar-refractivity contribution in [1.82, 2.24) is 9.97 Å². The number of anilines is 1. The maximum atomic E-state index is 13.8. The number of rotatable bonds is 5. The van der Waals surface area contributed by atoms with E-state index in [0.29, 0.717) is 22.2 Å². The molecule has 0 saturated carbocycles. The van der Waals surface area contributed by atoms with Crippen LogP contribution in [0.15, 0.2) is 28.9 Å². The first kappa shape index (κ1) is 15.2. The van der Waals surface area contributed by atoms with Crippen LogP contribution >= 0.6 is 27.5 Å². The Morgan fingerprint density at radius 2 is 2.20 bits per heavy atom. The highest BCUT2D eigenvalue weighted by Crippen LogP contribution is 2.23. The highest BCUT2D eigenvalue weighted by molar-refractivity contribution is 9.10. The minimum atomic E-state index is -0.341. The maximum Gasteiger partial charge on any atom is 0.144 e. The van der Waals surface area contributed by atoms with E-state index in [9.17, 15) is 4.39 Å². The van der Waals surface area contributed by atoms with Crippen LogP contribution in [0.2, 0.25) is 5.02 Å². The summed E-state index contributed by atoms with van der Waals surface area (Å²) in [5.74, 6) is 0.898. The zero-order valence-electron chi connectivity index (χ0n) is 11.0. The summed E-state index contributed by atoms with van der Waals surface area (Å²) in [5, 5.41) is 3.58. The van der Waals surface area contributed by atoms with E-state index in [4.69, 9.17) is 11.6 Å². The van der Waals surface area contributed by atoms with Crippen LogP contribution in [0.25, 0.3) is 0 Å². The second-order valence-corrected chi connectivity index (χ2v) is 5.55. The summed E-state index contributed by atoms with van der Waals surface area (Å²) in [6.45, 7) is 2.89. The molecule has 1 heterocycles. The minimum absolute atomic E-state index is 0.263. The van der Waals surface area contributed by atoms with E-state index in [1.165, 1.54) is 6.07 Å². The molecule has 1 N–H and O–H groups in total. The topological polar surface area (TPSA) is 37.8 Å². The largest absolute Gasteiger partial charge is 0.369 e. The molecule has 0 atom stereocenters. The van der Waals surface area contributed by atoms with Crippen molar-refractivity contribution < 1.29 is 4.39 Å². The Morgan fingerprint density at radius 3 is 2.90 bits per heavy atom.